The highest BCUT2D eigenvalue weighted by Gasteiger charge is 2.26. The lowest BCUT2D eigenvalue weighted by Crippen LogP contribution is -1.99. The van der Waals surface area contributed by atoms with E-state index < -0.39 is 25.9 Å². The molecular weight excluding hydrogens is 297 g/mol. The van der Waals surface area contributed by atoms with E-state index in [1.807, 2.05) is 0 Å². The number of benzene rings is 1. The second-order valence-electron chi connectivity index (χ2n) is 3.14. The van der Waals surface area contributed by atoms with Crippen LogP contribution in [0.2, 0.25) is 5.28 Å². The Morgan fingerprint density at radius 1 is 1.35 bits per heavy atom. The summed E-state index contributed by atoms with van der Waals surface area (Å²) in [5.41, 5.74) is -0.734. The first-order chi connectivity index (χ1) is 7.80. The fourth-order valence-corrected chi connectivity index (χ4v) is 2.74. The average molecular weight is 301 g/mol. The van der Waals surface area contributed by atoms with Gasteiger partial charge in [0.2, 0.25) is 5.28 Å². The van der Waals surface area contributed by atoms with Gasteiger partial charge in [-0.05, 0) is 23.7 Å². The number of aromatic amines is 1. The molecule has 2 aromatic rings. The number of hydrogen-bond acceptors (Lipinski definition) is 3. The Hall–Kier alpha value is -0.920. The highest BCUT2D eigenvalue weighted by Crippen LogP contribution is 2.34. The van der Waals surface area contributed by atoms with Crippen LogP contribution in [0.25, 0.3) is 11.0 Å². The zero-order valence-corrected chi connectivity index (χ0v) is 10.2. The van der Waals surface area contributed by atoms with Crippen LogP contribution in [-0.2, 0) is 9.05 Å². The lowest BCUT2D eigenvalue weighted by Gasteiger charge is -2.06. The van der Waals surface area contributed by atoms with E-state index in [0.29, 0.717) is 0 Å². The Labute approximate surface area is 104 Å². The summed E-state index contributed by atoms with van der Waals surface area (Å²) in [5.74, 6) is 0. The number of hydrogen-bond donors (Lipinski definition) is 1. The molecule has 0 saturated heterocycles. The molecule has 1 heterocycles. The molecule has 9 heteroatoms. The van der Waals surface area contributed by atoms with Crippen LogP contribution in [0.1, 0.15) is 12.0 Å². The molecule has 0 atom stereocenters. The molecule has 0 bridgehead atoms. The monoisotopic (exact) mass is 300 g/mol. The smallest absolute Gasteiger partial charge is 0.267 e. The minimum absolute atomic E-state index is 0.106. The van der Waals surface area contributed by atoms with Crippen LogP contribution >= 0.6 is 22.3 Å². The van der Waals surface area contributed by atoms with Gasteiger partial charge in [-0.1, -0.05) is 0 Å². The number of nitrogens with one attached hydrogen (secondary N) is 1. The van der Waals surface area contributed by atoms with Crippen LogP contribution in [0.3, 0.4) is 0 Å². The van der Waals surface area contributed by atoms with Crippen molar-refractivity contribution in [2.45, 2.75) is 11.3 Å². The molecular formula is C8H4Cl2F2N2O2S. The second kappa shape index (κ2) is 4.08. The van der Waals surface area contributed by atoms with E-state index in [1.54, 1.807) is 0 Å². The van der Waals surface area contributed by atoms with Crippen molar-refractivity contribution in [3.05, 3.63) is 23.0 Å². The first-order valence-electron chi connectivity index (χ1n) is 4.21. The minimum Gasteiger partial charge on any atom is -0.329 e. The molecule has 0 saturated carbocycles. The molecule has 92 valence electrons. The third-order valence-corrected chi connectivity index (χ3v) is 3.66. The molecule has 1 N–H and O–H groups in total. The summed E-state index contributed by atoms with van der Waals surface area (Å²) in [6, 6.07) is 2.26. The SMILES string of the molecule is O=S(=O)(Cl)c1ccc2[nH]c(Cl)nc2c1C(F)F. The number of alkyl halides is 2. The Bertz CT molecular complexity index is 684. The normalized spacial score (nSPS) is 12.5. The van der Waals surface area contributed by atoms with Gasteiger partial charge < -0.3 is 4.98 Å². The van der Waals surface area contributed by atoms with E-state index in [-0.39, 0.29) is 16.3 Å². The maximum atomic E-state index is 12.9. The standard InChI is InChI=1S/C8H4Cl2F2N2O2S/c9-8-13-3-1-2-4(17(10,15)16)5(7(11)12)6(3)14-8/h1-2,7H,(H,13,14). The van der Waals surface area contributed by atoms with Gasteiger partial charge >= 0.3 is 0 Å². The highest BCUT2D eigenvalue weighted by atomic mass is 35.7. The fourth-order valence-electron chi connectivity index (χ4n) is 1.47. The number of fused-ring (bicyclic) bond motifs is 1. The van der Waals surface area contributed by atoms with Crippen molar-refractivity contribution in [3.63, 3.8) is 0 Å². The number of halogens is 4. The lowest BCUT2D eigenvalue weighted by molar-refractivity contribution is 0.149. The average Bonchev–Trinajstić information content (AvgIpc) is 2.53. The van der Waals surface area contributed by atoms with Crippen molar-refractivity contribution < 1.29 is 17.2 Å². The van der Waals surface area contributed by atoms with Gasteiger partial charge in [-0.3, -0.25) is 0 Å². The zero-order chi connectivity index (χ0) is 12.8. The summed E-state index contributed by atoms with van der Waals surface area (Å²) >= 11 is 5.53. The molecule has 4 nitrogen and oxygen atoms in total. The van der Waals surface area contributed by atoms with Gasteiger partial charge in [-0.15, -0.1) is 0 Å². The first-order valence-corrected chi connectivity index (χ1v) is 6.90. The molecule has 0 aliphatic heterocycles. The number of H-pyrrole nitrogens is 1. The van der Waals surface area contributed by atoms with Gasteiger partial charge in [0.1, 0.15) is 5.52 Å². The summed E-state index contributed by atoms with van der Waals surface area (Å²) in [6.07, 6.45) is -3.03. The largest absolute Gasteiger partial charge is 0.329 e. The second-order valence-corrected chi connectivity index (χ2v) is 6.03. The molecule has 1 aromatic heterocycles. The van der Waals surface area contributed by atoms with Gasteiger partial charge in [-0.25, -0.2) is 22.2 Å². The highest BCUT2D eigenvalue weighted by molar-refractivity contribution is 8.13. The van der Waals surface area contributed by atoms with E-state index in [9.17, 15) is 17.2 Å². The van der Waals surface area contributed by atoms with Crippen molar-refractivity contribution in [1.29, 1.82) is 0 Å². The van der Waals surface area contributed by atoms with Crippen LogP contribution in [-0.4, -0.2) is 18.4 Å². The Morgan fingerprint density at radius 3 is 2.53 bits per heavy atom. The van der Waals surface area contributed by atoms with E-state index >= 15 is 0 Å². The summed E-state index contributed by atoms with van der Waals surface area (Å²) < 4.78 is 48.1. The summed E-state index contributed by atoms with van der Waals surface area (Å²) in [4.78, 5) is 5.47. The maximum Gasteiger partial charge on any atom is 0.267 e. The molecule has 0 aliphatic carbocycles. The molecule has 0 fully saturated rings. The molecule has 0 spiro atoms. The Balaban J connectivity index is 2.91. The molecule has 2 rings (SSSR count). The van der Waals surface area contributed by atoms with Crippen LogP contribution < -0.4 is 0 Å². The Morgan fingerprint density at radius 2 is 2.00 bits per heavy atom. The number of nitrogens with zero attached hydrogens (tertiary/aromatic N) is 1. The van der Waals surface area contributed by atoms with Crippen LogP contribution in [0.15, 0.2) is 17.0 Å². The Kier molecular flexibility index (Phi) is 3.01. The number of imidazole rings is 1. The van der Waals surface area contributed by atoms with Crippen LogP contribution in [0.4, 0.5) is 8.78 Å². The molecule has 17 heavy (non-hydrogen) atoms. The molecule has 1 aromatic carbocycles. The number of rotatable bonds is 2. The van der Waals surface area contributed by atoms with Crippen LogP contribution in [0.5, 0.6) is 0 Å². The van der Waals surface area contributed by atoms with Gasteiger partial charge in [0.05, 0.1) is 16.0 Å². The zero-order valence-electron chi connectivity index (χ0n) is 7.92. The van der Waals surface area contributed by atoms with Gasteiger partial charge in [0.25, 0.3) is 15.5 Å². The summed E-state index contributed by atoms with van der Waals surface area (Å²) in [5, 5.41) is -0.106. The molecule has 0 aliphatic rings. The van der Waals surface area contributed by atoms with Gasteiger partial charge in [0, 0.05) is 10.7 Å². The van der Waals surface area contributed by atoms with Crippen molar-refractivity contribution in [2.24, 2.45) is 0 Å². The lowest BCUT2D eigenvalue weighted by atomic mass is 10.2. The summed E-state index contributed by atoms with van der Waals surface area (Å²) in [6.45, 7) is 0. The van der Waals surface area contributed by atoms with Gasteiger partial charge in [-0.2, -0.15) is 0 Å². The van der Waals surface area contributed by atoms with Crippen molar-refractivity contribution in [2.75, 3.05) is 0 Å². The third kappa shape index (κ3) is 2.22. The molecule has 0 unspecified atom stereocenters. The number of aromatic nitrogens is 2. The first kappa shape index (κ1) is 12.5. The van der Waals surface area contributed by atoms with Crippen LogP contribution in [0, 0.1) is 0 Å². The summed E-state index contributed by atoms with van der Waals surface area (Å²) in [7, 11) is 0.817. The van der Waals surface area contributed by atoms with E-state index in [2.05, 4.69) is 9.97 Å². The van der Waals surface area contributed by atoms with E-state index in [4.69, 9.17) is 22.3 Å². The fraction of sp³-hybridized carbons (Fsp3) is 0.125. The van der Waals surface area contributed by atoms with E-state index in [0.717, 1.165) is 6.07 Å². The third-order valence-electron chi connectivity index (χ3n) is 2.11. The van der Waals surface area contributed by atoms with Crippen molar-refractivity contribution >= 4 is 42.4 Å². The minimum atomic E-state index is -4.27. The van der Waals surface area contributed by atoms with Crippen molar-refractivity contribution in [1.82, 2.24) is 9.97 Å². The maximum absolute atomic E-state index is 12.9. The predicted molar refractivity (Wildman–Crippen MR) is 59.1 cm³/mol. The van der Waals surface area contributed by atoms with Gasteiger partial charge in [0.15, 0.2) is 0 Å². The van der Waals surface area contributed by atoms with E-state index in [1.165, 1.54) is 6.07 Å². The topological polar surface area (TPSA) is 62.8 Å². The quantitative estimate of drug-likeness (QED) is 0.867. The van der Waals surface area contributed by atoms with Crippen molar-refractivity contribution in [3.8, 4) is 0 Å². The molecule has 0 radical (unpaired) electrons. The predicted octanol–water partition coefficient (Wildman–Crippen LogP) is 3.08. The molecule has 0 amide bonds.